The number of rotatable bonds is 5. The van der Waals surface area contributed by atoms with Gasteiger partial charge in [0.05, 0.1) is 48.0 Å². The second kappa shape index (κ2) is 7.80. The van der Waals surface area contributed by atoms with E-state index in [4.69, 9.17) is 0 Å². The summed E-state index contributed by atoms with van der Waals surface area (Å²) in [6, 6.07) is 5.43. The van der Waals surface area contributed by atoms with Crippen molar-refractivity contribution >= 4 is 33.5 Å². The van der Waals surface area contributed by atoms with Crippen molar-refractivity contribution in [1.82, 2.24) is 19.9 Å². The van der Waals surface area contributed by atoms with Gasteiger partial charge in [-0.3, -0.25) is 18.5 Å². The van der Waals surface area contributed by atoms with Gasteiger partial charge >= 0.3 is 0 Å². The van der Waals surface area contributed by atoms with Crippen molar-refractivity contribution in [2.75, 3.05) is 7.11 Å². The van der Waals surface area contributed by atoms with Crippen LogP contribution in [0.3, 0.4) is 0 Å². The van der Waals surface area contributed by atoms with Gasteiger partial charge in [0.25, 0.3) is 0 Å². The van der Waals surface area contributed by atoms with Gasteiger partial charge < -0.3 is 5.32 Å². The largest absolute Gasteiger partial charge is 0.347 e. The summed E-state index contributed by atoms with van der Waals surface area (Å²) < 4.78 is 35.7. The molecule has 0 radical (unpaired) electrons. The lowest BCUT2D eigenvalue weighted by atomic mass is 10.2. The van der Waals surface area contributed by atoms with E-state index in [1.165, 1.54) is 32.4 Å². The van der Waals surface area contributed by atoms with Crippen LogP contribution in [0.25, 0.3) is 16.7 Å². The molecule has 0 aliphatic rings. The lowest BCUT2D eigenvalue weighted by Gasteiger charge is -2.15. The van der Waals surface area contributed by atoms with Crippen LogP contribution in [0.2, 0.25) is 0 Å². The Morgan fingerprint density at radius 1 is 1.37 bits per heavy atom. The first-order valence-electron chi connectivity index (χ1n) is 8.02. The molecule has 0 aliphatic heterocycles. The summed E-state index contributed by atoms with van der Waals surface area (Å²) in [5.74, 6) is -0.134. The van der Waals surface area contributed by atoms with E-state index < -0.39 is 22.7 Å². The SMILES string of the molecule is CO[SH](=O)=Nc1cncc(-n2c(C(C)NC(C)=O)nc3ccc(F)cc32)c1. The Balaban J connectivity index is 2.22. The molecular formula is C17H18FN5O3S. The minimum atomic E-state index is -2.20. The highest BCUT2D eigenvalue weighted by Crippen LogP contribution is 2.27. The van der Waals surface area contributed by atoms with Crippen molar-refractivity contribution in [3.05, 3.63) is 48.3 Å². The second-order valence-corrected chi connectivity index (χ2v) is 6.82. The number of thiol groups is 1. The van der Waals surface area contributed by atoms with Crippen molar-refractivity contribution in [3.8, 4) is 5.69 Å². The molecule has 10 heteroatoms. The molecule has 0 fully saturated rings. The third-order valence-electron chi connectivity index (χ3n) is 3.77. The molecule has 0 saturated carbocycles. The van der Waals surface area contributed by atoms with Gasteiger partial charge in [-0.2, -0.15) is 4.36 Å². The summed E-state index contributed by atoms with van der Waals surface area (Å²) in [7, 11) is -0.912. The molecule has 2 aromatic heterocycles. The van der Waals surface area contributed by atoms with Crippen LogP contribution in [0.5, 0.6) is 0 Å². The van der Waals surface area contributed by atoms with Gasteiger partial charge in [-0.25, -0.2) is 13.6 Å². The number of fused-ring (bicyclic) bond motifs is 1. The fraction of sp³-hybridized carbons (Fsp3) is 0.235. The van der Waals surface area contributed by atoms with Crippen LogP contribution in [0.1, 0.15) is 25.7 Å². The van der Waals surface area contributed by atoms with Gasteiger partial charge in [-0.15, -0.1) is 0 Å². The number of halogens is 1. The van der Waals surface area contributed by atoms with Gasteiger partial charge in [-0.1, -0.05) is 0 Å². The van der Waals surface area contributed by atoms with Crippen molar-refractivity contribution in [2.24, 2.45) is 4.36 Å². The fourth-order valence-corrected chi connectivity index (χ4v) is 3.11. The molecule has 0 aliphatic carbocycles. The lowest BCUT2D eigenvalue weighted by Crippen LogP contribution is -2.26. The Hall–Kier alpha value is -2.85. The lowest BCUT2D eigenvalue weighted by molar-refractivity contribution is -0.119. The molecule has 27 heavy (non-hydrogen) atoms. The number of carbonyl (C=O) groups excluding carboxylic acids is 1. The zero-order chi connectivity index (χ0) is 19.6. The molecule has 142 valence electrons. The monoisotopic (exact) mass is 391 g/mol. The first-order chi connectivity index (χ1) is 12.9. The number of hydrogen-bond acceptors (Lipinski definition) is 6. The Labute approximate surface area is 156 Å². The minimum Gasteiger partial charge on any atom is -0.347 e. The molecule has 3 rings (SSSR count). The highest BCUT2D eigenvalue weighted by atomic mass is 32.2. The summed E-state index contributed by atoms with van der Waals surface area (Å²) >= 11 is 0. The van der Waals surface area contributed by atoms with E-state index in [1.807, 2.05) is 0 Å². The zero-order valence-corrected chi connectivity index (χ0v) is 15.8. The van der Waals surface area contributed by atoms with E-state index in [0.717, 1.165) is 0 Å². The molecule has 8 nitrogen and oxygen atoms in total. The molecule has 1 aromatic carbocycles. The van der Waals surface area contributed by atoms with Crippen LogP contribution in [0, 0.1) is 5.82 Å². The third kappa shape index (κ3) is 4.12. The number of hydrogen-bond donors (Lipinski definition) is 2. The first-order valence-corrected chi connectivity index (χ1v) is 9.15. The quantitative estimate of drug-likeness (QED) is 0.652. The maximum Gasteiger partial charge on any atom is 0.217 e. The number of pyridine rings is 1. The van der Waals surface area contributed by atoms with E-state index in [0.29, 0.717) is 28.2 Å². The summed E-state index contributed by atoms with van der Waals surface area (Å²) in [5.41, 5.74) is 1.95. The zero-order valence-electron chi connectivity index (χ0n) is 14.9. The van der Waals surface area contributed by atoms with E-state index >= 15 is 0 Å². The average Bonchev–Trinajstić information content (AvgIpc) is 3.00. The molecule has 2 atom stereocenters. The Kier molecular flexibility index (Phi) is 5.47. The third-order valence-corrected chi connectivity index (χ3v) is 4.48. The molecule has 1 N–H and O–H groups in total. The van der Waals surface area contributed by atoms with Crippen LogP contribution in [0.4, 0.5) is 10.1 Å². The molecule has 3 aromatic rings. The first kappa shape index (κ1) is 18.9. The van der Waals surface area contributed by atoms with Crippen molar-refractivity contribution < 1.29 is 17.6 Å². The molecule has 1 amide bonds. The Bertz CT molecular complexity index is 1090. The van der Waals surface area contributed by atoms with Crippen LogP contribution < -0.4 is 5.32 Å². The summed E-state index contributed by atoms with van der Waals surface area (Å²) in [6.45, 7) is 3.18. The predicted octanol–water partition coefficient (Wildman–Crippen LogP) is 2.61. The molecule has 2 unspecified atom stereocenters. The Morgan fingerprint density at radius 2 is 2.15 bits per heavy atom. The number of carbonyl (C=O) groups is 1. The summed E-state index contributed by atoms with van der Waals surface area (Å²) in [5, 5.41) is 2.77. The molecule has 2 heterocycles. The van der Waals surface area contributed by atoms with Gasteiger partial charge in [0, 0.05) is 13.0 Å². The highest BCUT2D eigenvalue weighted by molar-refractivity contribution is 7.69. The number of benzene rings is 1. The Morgan fingerprint density at radius 3 is 2.85 bits per heavy atom. The van der Waals surface area contributed by atoms with Crippen molar-refractivity contribution in [1.29, 1.82) is 0 Å². The normalized spacial score (nSPS) is 13.6. The summed E-state index contributed by atoms with van der Waals surface area (Å²) in [4.78, 5) is 20.1. The van der Waals surface area contributed by atoms with E-state index in [-0.39, 0.29) is 5.91 Å². The topological polar surface area (TPSA) is 98.5 Å². The molecule has 0 bridgehead atoms. The number of imidazole rings is 1. The predicted molar refractivity (Wildman–Crippen MR) is 99.7 cm³/mol. The van der Waals surface area contributed by atoms with E-state index in [1.54, 1.807) is 29.8 Å². The number of aromatic nitrogens is 3. The highest BCUT2D eigenvalue weighted by Gasteiger charge is 2.19. The minimum absolute atomic E-state index is 0.216. The smallest absolute Gasteiger partial charge is 0.217 e. The maximum absolute atomic E-state index is 13.8. The van der Waals surface area contributed by atoms with Gasteiger partial charge in [0.2, 0.25) is 5.91 Å². The van der Waals surface area contributed by atoms with Crippen LogP contribution >= 0.6 is 0 Å². The van der Waals surface area contributed by atoms with E-state index in [2.05, 4.69) is 23.8 Å². The summed E-state index contributed by atoms with van der Waals surface area (Å²) in [6.07, 6.45) is 2.99. The van der Waals surface area contributed by atoms with Crippen molar-refractivity contribution in [3.63, 3.8) is 0 Å². The number of nitrogens with zero attached hydrogens (tertiary/aromatic N) is 4. The molecular weight excluding hydrogens is 373 g/mol. The second-order valence-electron chi connectivity index (χ2n) is 5.78. The van der Waals surface area contributed by atoms with Crippen LogP contribution in [-0.4, -0.2) is 31.8 Å². The maximum atomic E-state index is 13.8. The standard InChI is InChI=1S/C17H18FN5O3S/c1-10(20-11(2)24)17-21-15-5-4-12(18)6-16(15)23(17)14-7-13(8-19-9-14)22-27(25)26-3/h4-10,27H,1-3H3,(H,20,24). The average molecular weight is 391 g/mol. The van der Waals surface area contributed by atoms with Crippen LogP contribution in [-0.2, 0) is 19.9 Å². The van der Waals surface area contributed by atoms with E-state index in [9.17, 15) is 13.4 Å². The molecule has 0 saturated heterocycles. The molecule has 0 spiro atoms. The number of nitrogens with one attached hydrogen (secondary N) is 1. The van der Waals surface area contributed by atoms with Crippen molar-refractivity contribution in [2.45, 2.75) is 19.9 Å². The van der Waals surface area contributed by atoms with Gasteiger partial charge in [-0.05, 0) is 25.1 Å². The fourth-order valence-electron chi connectivity index (χ4n) is 2.73. The number of amides is 1. The van der Waals surface area contributed by atoms with Gasteiger partial charge in [0.1, 0.15) is 11.6 Å². The van der Waals surface area contributed by atoms with Gasteiger partial charge in [0.15, 0.2) is 10.9 Å². The van der Waals surface area contributed by atoms with Crippen LogP contribution in [0.15, 0.2) is 41.0 Å².